The van der Waals surface area contributed by atoms with Gasteiger partial charge in [-0.1, -0.05) is 0 Å². The minimum Gasteiger partial charge on any atom is -0.505 e. The molecule has 0 saturated carbocycles. The number of carbonyl (C=O) groups excluding carboxylic acids is 1. The van der Waals surface area contributed by atoms with Gasteiger partial charge in [0.05, 0.1) is 5.56 Å². The predicted octanol–water partition coefficient (Wildman–Crippen LogP) is 2.41. The van der Waals surface area contributed by atoms with E-state index in [4.69, 9.17) is 11.6 Å². The molecule has 0 radical (unpaired) electrons. The smallest absolute Gasteiger partial charge is 0.284 e. The van der Waals surface area contributed by atoms with E-state index in [0.717, 1.165) is 6.20 Å². The monoisotopic (exact) mass is 221 g/mol. The number of carbonyl (C=O) groups is 1. The van der Waals surface area contributed by atoms with E-state index in [0.29, 0.717) is 0 Å². The van der Waals surface area contributed by atoms with Crippen molar-refractivity contribution in [3.05, 3.63) is 23.0 Å². The summed E-state index contributed by atoms with van der Waals surface area (Å²) < 4.78 is 24.5. The maximum atomic E-state index is 12.2. The lowest BCUT2D eigenvalue weighted by atomic mass is 10.1. The minimum absolute atomic E-state index is 0.256. The molecule has 1 rings (SSSR count). The molecule has 0 aromatic carbocycles. The van der Waals surface area contributed by atoms with Crippen molar-refractivity contribution in [3.63, 3.8) is 0 Å². The Morgan fingerprint density at radius 2 is 2.21 bits per heavy atom. The van der Waals surface area contributed by atoms with E-state index in [1.54, 1.807) is 0 Å². The normalized spacial score (nSPS) is 10.6. The van der Waals surface area contributed by atoms with Crippen LogP contribution >= 0.6 is 11.6 Å². The number of aryl methyl sites for hydroxylation is 1. The average molecular weight is 222 g/mol. The Morgan fingerprint density at radius 3 is 2.64 bits per heavy atom. The largest absolute Gasteiger partial charge is 0.505 e. The van der Waals surface area contributed by atoms with Crippen LogP contribution in [-0.4, -0.2) is 15.3 Å². The van der Waals surface area contributed by atoms with Crippen LogP contribution in [0.15, 0.2) is 6.20 Å². The van der Waals surface area contributed by atoms with Gasteiger partial charge in [-0.25, -0.2) is 8.78 Å². The van der Waals surface area contributed by atoms with Crippen molar-refractivity contribution in [2.45, 2.75) is 13.3 Å². The highest BCUT2D eigenvalue weighted by atomic mass is 35.5. The van der Waals surface area contributed by atoms with E-state index in [2.05, 4.69) is 4.98 Å². The fraction of sp³-hybridized carbons (Fsp3) is 0.250. The van der Waals surface area contributed by atoms with Gasteiger partial charge in [0.25, 0.3) is 11.7 Å². The first-order chi connectivity index (χ1) is 6.45. The van der Waals surface area contributed by atoms with Crippen molar-refractivity contribution in [2.75, 3.05) is 0 Å². The van der Waals surface area contributed by atoms with Crippen molar-refractivity contribution in [1.29, 1.82) is 0 Å². The summed E-state index contributed by atoms with van der Waals surface area (Å²) in [5, 5.41) is 8.28. The molecule has 0 amide bonds. The lowest BCUT2D eigenvalue weighted by Gasteiger charge is -2.07. The first-order valence-corrected chi connectivity index (χ1v) is 3.99. The van der Waals surface area contributed by atoms with Crippen LogP contribution in [0.25, 0.3) is 0 Å². The second kappa shape index (κ2) is 3.88. The molecule has 0 fully saturated rings. The van der Waals surface area contributed by atoms with Crippen LogP contribution in [0.1, 0.15) is 28.0 Å². The van der Waals surface area contributed by atoms with Gasteiger partial charge in [-0.15, -0.1) is 0 Å². The summed E-state index contributed by atoms with van der Waals surface area (Å²) in [6.07, 6.45) is -1.87. The molecule has 0 bridgehead atoms. The molecule has 0 aliphatic rings. The third-order valence-electron chi connectivity index (χ3n) is 1.67. The Labute approximate surface area is 83.3 Å². The van der Waals surface area contributed by atoms with Crippen LogP contribution in [0.4, 0.5) is 8.78 Å². The van der Waals surface area contributed by atoms with E-state index >= 15 is 0 Å². The Hall–Kier alpha value is -1.23. The Morgan fingerprint density at radius 1 is 1.64 bits per heavy atom. The highest BCUT2D eigenvalue weighted by molar-refractivity contribution is 6.68. The molecule has 1 N–H and O–H groups in total. The standard InChI is InChI=1S/C8H6ClF2NO2/c1-3-2-12-5(8(10)11)6(13)4(3)7(9)14/h2,8,13H,1H3. The second-order valence-electron chi connectivity index (χ2n) is 2.62. The Balaban J connectivity index is 3.41. The predicted molar refractivity (Wildman–Crippen MR) is 45.8 cm³/mol. The van der Waals surface area contributed by atoms with Gasteiger partial charge >= 0.3 is 0 Å². The maximum absolute atomic E-state index is 12.2. The lowest BCUT2D eigenvalue weighted by molar-refractivity contribution is 0.107. The van der Waals surface area contributed by atoms with Gasteiger partial charge in [-0.2, -0.15) is 0 Å². The van der Waals surface area contributed by atoms with Crippen molar-refractivity contribution >= 4 is 16.8 Å². The Kier molecular flexibility index (Phi) is 3.00. The highest BCUT2D eigenvalue weighted by Gasteiger charge is 2.22. The molecule has 1 heterocycles. The summed E-state index contributed by atoms with van der Waals surface area (Å²) in [6, 6.07) is 0. The molecule has 0 atom stereocenters. The molecule has 6 heteroatoms. The third kappa shape index (κ3) is 1.82. The number of hydrogen-bond donors (Lipinski definition) is 1. The molecular weight excluding hydrogens is 216 g/mol. The molecule has 3 nitrogen and oxygen atoms in total. The van der Waals surface area contributed by atoms with Crippen molar-refractivity contribution < 1.29 is 18.7 Å². The first kappa shape index (κ1) is 10.8. The van der Waals surface area contributed by atoms with E-state index < -0.39 is 23.1 Å². The summed E-state index contributed by atoms with van der Waals surface area (Å²) in [5.41, 5.74) is -0.900. The van der Waals surface area contributed by atoms with Gasteiger partial charge in [-0.3, -0.25) is 9.78 Å². The van der Waals surface area contributed by atoms with E-state index in [1.165, 1.54) is 6.92 Å². The van der Waals surface area contributed by atoms with Gasteiger partial charge in [0.1, 0.15) is 5.69 Å². The molecular formula is C8H6ClF2NO2. The molecule has 0 aliphatic carbocycles. The zero-order chi connectivity index (χ0) is 10.9. The number of rotatable bonds is 2. The van der Waals surface area contributed by atoms with E-state index in [-0.39, 0.29) is 11.1 Å². The van der Waals surface area contributed by atoms with Crippen LogP contribution in [0, 0.1) is 6.92 Å². The lowest BCUT2D eigenvalue weighted by Crippen LogP contribution is -2.01. The minimum atomic E-state index is -2.94. The third-order valence-corrected chi connectivity index (χ3v) is 1.86. The fourth-order valence-corrected chi connectivity index (χ4v) is 1.25. The van der Waals surface area contributed by atoms with Gasteiger partial charge in [-0.05, 0) is 24.1 Å². The van der Waals surface area contributed by atoms with E-state index in [1.807, 2.05) is 0 Å². The molecule has 0 saturated heterocycles. The average Bonchev–Trinajstić information content (AvgIpc) is 2.02. The van der Waals surface area contributed by atoms with Crippen molar-refractivity contribution in [2.24, 2.45) is 0 Å². The summed E-state index contributed by atoms with van der Waals surface area (Å²) in [7, 11) is 0. The van der Waals surface area contributed by atoms with Crippen LogP contribution in [0.3, 0.4) is 0 Å². The fourth-order valence-electron chi connectivity index (χ4n) is 1.01. The number of halogens is 3. The number of hydrogen-bond acceptors (Lipinski definition) is 3. The molecule has 1 aromatic rings. The number of pyridine rings is 1. The molecule has 1 aromatic heterocycles. The SMILES string of the molecule is Cc1cnc(C(F)F)c(O)c1C(=O)Cl. The van der Waals surface area contributed by atoms with Gasteiger partial charge < -0.3 is 5.11 Å². The van der Waals surface area contributed by atoms with Crippen LogP contribution in [0.2, 0.25) is 0 Å². The number of aromatic nitrogens is 1. The quantitative estimate of drug-likeness (QED) is 0.781. The first-order valence-electron chi connectivity index (χ1n) is 3.61. The van der Waals surface area contributed by atoms with Crippen LogP contribution in [-0.2, 0) is 0 Å². The highest BCUT2D eigenvalue weighted by Crippen LogP contribution is 2.31. The van der Waals surface area contributed by atoms with Crippen LogP contribution in [0.5, 0.6) is 5.75 Å². The second-order valence-corrected chi connectivity index (χ2v) is 2.97. The summed E-state index contributed by atoms with van der Waals surface area (Å²) in [6.45, 7) is 1.44. The molecule has 76 valence electrons. The zero-order valence-electron chi connectivity index (χ0n) is 7.09. The van der Waals surface area contributed by atoms with Crippen molar-refractivity contribution in [3.8, 4) is 5.75 Å². The van der Waals surface area contributed by atoms with Gasteiger partial charge in [0.2, 0.25) is 0 Å². The number of aromatic hydroxyl groups is 1. The number of alkyl halides is 2. The number of nitrogens with zero attached hydrogens (tertiary/aromatic N) is 1. The molecule has 0 spiro atoms. The summed E-state index contributed by atoms with van der Waals surface area (Å²) in [4.78, 5) is 14.1. The molecule has 14 heavy (non-hydrogen) atoms. The maximum Gasteiger partial charge on any atom is 0.284 e. The van der Waals surface area contributed by atoms with Gasteiger partial charge in [0.15, 0.2) is 5.75 Å². The van der Waals surface area contributed by atoms with Crippen molar-refractivity contribution in [1.82, 2.24) is 4.98 Å². The molecule has 0 aliphatic heterocycles. The Bertz CT molecular complexity index is 382. The molecule has 0 unspecified atom stereocenters. The van der Waals surface area contributed by atoms with E-state index in [9.17, 15) is 18.7 Å². The van der Waals surface area contributed by atoms with Crippen LogP contribution < -0.4 is 0 Å². The zero-order valence-corrected chi connectivity index (χ0v) is 7.85. The summed E-state index contributed by atoms with van der Waals surface area (Å²) in [5.74, 6) is -0.847. The topological polar surface area (TPSA) is 50.2 Å². The van der Waals surface area contributed by atoms with Gasteiger partial charge in [0, 0.05) is 6.20 Å². The summed E-state index contributed by atoms with van der Waals surface area (Å²) >= 11 is 5.12.